The predicted molar refractivity (Wildman–Crippen MR) is 426 cm³/mol. The molecule has 28 nitrogen and oxygen atoms in total. The molecule has 0 bridgehead atoms. The van der Waals surface area contributed by atoms with Gasteiger partial charge in [0.25, 0.3) is 0 Å². The van der Waals surface area contributed by atoms with Gasteiger partial charge in [0, 0.05) is 89.5 Å². The Morgan fingerprint density at radius 2 is 0.887 bits per heavy atom. The van der Waals surface area contributed by atoms with Crippen molar-refractivity contribution in [3.63, 3.8) is 0 Å². The Morgan fingerprint density at radius 3 is 1.25 bits per heavy atom. The van der Waals surface area contributed by atoms with Crippen LogP contribution in [0.1, 0.15) is 180 Å². The molecule has 0 atom stereocenters. The number of aromatic hydroxyl groups is 3. The van der Waals surface area contributed by atoms with E-state index in [-0.39, 0.29) is 86.0 Å². The van der Waals surface area contributed by atoms with Gasteiger partial charge in [-0.3, -0.25) is 37.8 Å². The summed E-state index contributed by atoms with van der Waals surface area (Å²) in [7, 11) is 5.93. The van der Waals surface area contributed by atoms with E-state index in [1.165, 1.54) is 82.0 Å². The summed E-state index contributed by atoms with van der Waals surface area (Å²) in [5.74, 6) is -0.719. The summed E-state index contributed by atoms with van der Waals surface area (Å²) in [5, 5.41) is 84.4. The molecule has 0 saturated heterocycles. The Bertz CT molecular complexity index is 4530. The molecule has 0 aliphatic rings. The van der Waals surface area contributed by atoms with E-state index >= 15 is 0 Å². The summed E-state index contributed by atoms with van der Waals surface area (Å²) in [5.41, 5.74) is 16.0. The Hall–Kier alpha value is -8.24. The van der Waals surface area contributed by atoms with Crippen LogP contribution < -0.4 is 10.3 Å². The van der Waals surface area contributed by atoms with Gasteiger partial charge in [-0.05, 0) is 140 Å². The zero-order chi connectivity index (χ0) is 76.9. The van der Waals surface area contributed by atoms with Crippen LogP contribution in [0.15, 0.2) is 129 Å². The number of hydrogen-bond acceptors (Lipinski definition) is 27. The van der Waals surface area contributed by atoms with E-state index in [4.69, 9.17) is 51.0 Å². The standard InChI is InChI=1S/C17H17N3O3S.C10H12ClN3S.C10H11N3O2S.C10H13N3OS.C7H6O3.C6H11BN2O2.C5H4BrNOS.2CH4.Cl2OS/c1-11(2)20-14(6-7-19-20)17-13(18-10-24-17)9-23-16-5-3-4-15(22)12(16)8-21;1-7(2)14-9(3-4-13-14)10-8(5-11)12-6-15-10;1-6(2)13-7(3-4-12-13)9-8(10(14)15)11-5-16-9;1-7(2)13-9(3-4-12-13)10-8(5-14)11-6-15-10;8-4-5-6(9)2-1-3-7(5)10;1-5(2)9-6(7(10)11)3-4-8-9;1-3(8)4-5(6)9-2-7-4;;;1-4(2)3/h3-8,10-11,22H,9H2,1-2H3;3-4,6-7H,5H2,1-2H3;3-6H,1-2H3,(H,14,15);3-4,6-7,14H,5H2,1-2H3;1-4,9-10H;3-5,10-11H,1-2H3;2H,1H3;2*1H4;. The summed E-state index contributed by atoms with van der Waals surface area (Å²) >= 11 is 16.4. The maximum Gasteiger partial charge on any atom is 0.507 e. The smallest absolute Gasteiger partial charge is 0.507 e. The number of carboxylic acids is 1. The number of aliphatic hydroxyl groups excluding tert-OH is 1. The number of phenols is 3. The number of ether oxygens (including phenoxy) is 1. The van der Waals surface area contributed by atoms with E-state index in [9.17, 15) is 24.3 Å². The molecule has 0 spiro atoms. The van der Waals surface area contributed by atoms with Crippen molar-refractivity contribution in [2.45, 2.75) is 140 Å². The Balaban J connectivity index is 0.000000324. The first-order valence-corrected chi connectivity index (χ1v) is 39.4. The number of rotatable bonds is 19. The number of carbonyl (C=O) groups excluding carboxylic acids is 3. The van der Waals surface area contributed by atoms with E-state index in [1.807, 2.05) is 71.6 Å². The molecular weight excluding hydrogens is 1610 g/mol. The molecule has 0 unspecified atom stereocenters. The second kappa shape index (κ2) is 46.1. The first-order chi connectivity index (χ1) is 49.5. The largest absolute Gasteiger partial charge is 0.507 e. The van der Waals surface area contributed by atoms with Crippen LogP contribution in [0.4, 0.5) is 0 Å². The van der Waals surface area contributed by atoms with Gasteiger partial charge >= 0.3 is 13.1 Å². The quantitative estimate of drug-likeness (QED) is 0.0130. The fraction of sp³-hybridized carbons (Fsp3) is 0.313. The van der Waals surface area contributed by atoms with Gasteiger partial charge in [0.15, 0.2) is 24.0 Å². The number of aldehydes is 2. The first-order valence-electron chi connectivity index (χ1n) is 30.9. The monoisotopic (exact) mass is 1690 g/mol. The van der Waals surface area contributed by atoms with Gasteiger partial charge in [-0.2, -0.15) is 25.5 Å². The number of thiazole rings is 5. The minimum Gasteiger partial charge on any atom is -0.507 e. The third-order valence-corrected chi connectivity index (χ3v) is 18.9. The normalized spacial score (nSPS) is 10.4. The Labute approximate surface area is 658 Å². The number of halogens is 4. The number of aromatic nitrogens is 15. The minimum absolute atomic E-state index is 0. The first kappa shape index (κ1) is 92.0. The van der Waals surface area contributed by atoms with Crippen LogP contribution in [0.25, 0.3) is 42.3 Å². The van der Waals surface area contributed by atoms with Crippen LogP contribution in [0.5, 0.6) is 23.0 Å². The van der Waals surface area contributed by atoms with Crippen LogP contribution in [0.3, 0.4) is 0 Å². The molecule has 39 heteroatoms. The number of aromatic carboxylic acids is 1. The molecule has 12 aromatic rings. The molecule has 106 heavy (non-hydrogen) atoms. The molecule has 0 fully saturated rings. The SMILES string of the molecule is C.C.CC(=O)c1ncsc1Br.CC(C)n1nccc1-c1scnc1C(=O)O.CC(C)n1nccc1-c1scnc1CCl.CC(C)n1nccc1-c1scnc1CO.CC(C)n1nccc1-c1scnc1COc1cccc(O)c1C=O.CC(C)n1nccc1B(O)O.O=Cc1c(O)cccc1O.O=S(Cl)Cl. The Kier molecular flexibility index (Phi) is 40.0. The number of aliphatic hydroxyl groups is 1. The van der Waals surface area contributed by atoms with Gasteiger partial charge in [-0.1, -0.05) is 27.0 Å². The van der Waals surface area contributed by atoms with Crippen LogP contribution in [-0.2, 0) is 28.3 Å². The highest BCUT2D eigenvalue weighted by atomic mass is 79.9. The predicted octanol–water partition coefficient (Wildman–Crippen LogP) is 15.9. The van der Waals surface area contributed by atoms with Crippen LogP contribution in [0, 0.1) is 0 Å². The molecule has 0 radical (unpaired) electrons. The molecular formula is C67H82BBrCl3N15O13S6. The maximum atomic E-state index is 11.1. The summed E-state index contributed by atoms with van der Waals surface area (Å²) in [6.45, 7) is 22.0. The third-order valence-electron chi connectivity index (χ3n) is 13.6. The average Bonchev–Trinajstić information content (AvgIpc) is 1.74. The fourth-order valence-corrected chi connectivity index (χ4v) is 13.7. The summed E-state index contributed by atoms with van der Waals surface area (Å²) < 4.78 is 24.8. The van der Waals surface area contributed by atoms with Gasteiger partial charge in [0.2, 0.25) is 9.23 Å². The van der Waals surface area contributed by atoms with E-state index in [0.29, 0.717) is 52.4 Å². The van der Waals surface area contributed by atoms with Crippen molar-refractivity contribution >= 4 is 152 Å². The van der Waals surface area contributed by atoms with Crippen molar-refractivity contribution in [3.8, 4) is 65.3 Å². The van der Waals surface area contributed by atoms with Gasteiger partial charge in [0.05, 0.1) is 116 Å². The number of ketones is 1. The van der Waals surface area contributed by atoms with Gasteiger partial charge in [-0.25, -0.2) is 33.9 Å². The highest BCUT2D eigenvalue weighted by Crippen LogP contribution is 2.35. The third kappa shape index (κ3) is 26.3. The molecule has 12 rings (SSSR count). The average molecular weight is 1690 g/mol. The topological polar surface area (TPSA) is 390 Å². The summed E-state index contributed by atoms with van der Waals surface area (Å²) in [6, 6.07) is 19.4. The highest BCUT2D eigenvalue weighted by molar-refractivity contribution is 9.11. The van der Waals surface area contributed by atoms with Crippen molar-refractivity contribution < 1.29 is 63.7 Å². The molecule has 10 heterocycles. The van der Waals surface area contributed by atoms with Crippen molar-refractivity contribution in [1.29, 1.82) is 0 Å². The number of alkyl halides is 1. The number of carbonyl (C=O) groups is 4. The lowest BCUT2D eigenvalue weighted by Gasteiger charge is -2.12. The lowest BCUT2D eigenvalue weighted by Crippen LogP contribution is -2.37. The van der Waals surface area contributed by atoms with Crippen LogP contribution >= 0.6 is 106 Å². The van der Waals surface area contributed by atoms with E-state index in [2.05, 4.69) is 129 Å². The summed E-state index contributed by atoms with van der Waals surface area (Å²) in [6.07, 6.45) is 9.56. The summed E-state index contributed by atoms with van der Waals surface area (Å²) in [4.78, 5) is 67.0. The van der Waals surface area contributed by atoms with E-state index in [0.717, 1.165) is 58.3 Å². The van der Waals surface area contributed by atoms with Gasteiger partial charge < -0.3 is 40.3 Å². The second-order valence-electron chi connectivity index (χ2n) is 22.3. The highest BCUT2D eigenvalue weighted by Gasteiger charge is 2.22. The lowest BCUT2D eigenvalue weighted by molar-refractivity contribution is 0.0691. The van der Waals surface area contributed by atoms with Crippen molar-refractivity contribution in [3.05, 3.63) is 169 Å². The van der Waals surface area contributed by atoms with E-state index < -0.39 is 22.3 Å². The van der Waals surface area contributed by atoms with Crippen LogP contribution in [-0.4, -0.2) is 145 Å². The van der Waals surface area contributed by atoms with E-state index in [1.54, 1.807) is 86.3 Å². The Morgan fingerprint density at radius 1 is 0.538 bits per heavy atom. The fourth-order valence-electron chi connectivity index (χ4n) is 8.95. The van der Waals surface area contributed by atoms with Crippen molar-refractivity contribution in [2.75, 3.05) is 0 Å². The molecule has 0 saturated carbocycles. The molecule has 7 N–H and O–H groups in total. The molecule has 2 aromatic carbocycles. The maximum absolute atomic E-state index is 11.1. The van der Waals surface area contributed by atoms with Crippen LogP contribution in [0.2, 0.25) is 0 Å². The number of carboxylic acid groups (broad SMARTS) is 1. The number of hydrogen-bond donors (Lipinski definition) is 7. The molecule has 570 valence electrons. The number of benzene rings is 2. The minimum atomic E-state index is -1.67. The second-order valence-corrected chi connectivity index (χ2v) is 30.7. The van der Waals surface area contributed by atoms with Crippen molar-refractivity contribution in [2.24, 2.45) is 0 Å². The number of phenolic OH excluding ortho intramolecular Hbond substituents is 3. The van der Waals surface area contributed by atoms with Gasteiger partial charge in [-0.15, -0.1) is 68.3 Å². The van der Waals surface area contributed by atoms with Gasteiger partial charge in [0.1, 0.15) is 39.1 Å². The molecule has 0 amide bonds. The van der Waals surface area contributed by atoms with Crippen molar-refractivity contribution in [1.82, 2.24) is 73.8 Å². The number of Topliss-reactive ketones (excluding diaryl/α,β-unsaturated/α-hetero) is 1. The lowest BCUT2D eigenvalue weighted by atomic mass is 9.86. The molecule has 0 aliphatic heterocycles. The zero-order valence-corrected chi connectivity index (χ0v) is 66.4. The molecule has 10 aromatic heterocycles. The number of nitrogens with zero attached hydrogens (tertiary/aromatic N) is 15. The zero-order valence-electron chi connectivity index (χ0n) is 57.6. The molecule has 0 aliphatic carbocycles.